The number of hydrogen-bond acceptors (Lipinski definition) is 9. The summed E-state index contributed by atoms with van der Waals surface area (Å²) in [6.45, 7) is 13.9. The molecule has 0 spiro atoms. The van der Waals surface area contributed by atoms with Crippen LogP contribution < -0.4 is 10.6 Å². The fourth-order valence-electron chi connectivity index (χ4n) is 4.01. The number of likely N-dealkylation sites (tertiary alicyclic amines) is 1. The number of carbonyl (C=O) groups excluding carboxylic acids is 3. The van der Waals surface area contributed by atoms with E-state index in [4.69, 9.17) is 23.7 Å². The Balaban J connectivity index is 2.07. The first-order valence-corrected chi connectivity index (χ1v) is 13.9. The molecule has 1 fully saturated rings. The summed E-state index contributed by atoms with van der Waals surface area (Å²) < 4.78 is 27.0. The van der Waals surface area contributed by atoms with E-state index in [0.717, 1.165) is 0 Å². The minimum absolute atomic E-state index is 0.108. The summed E-state index contributed by atoms with van der Waals surface area (Å²) in [6.07, 6.45) is 3.02. The Hall–Kier alpha value is -2.56. The predicted octanol–water partition coefficient (Wildman–Crippen LogP) is 0.912. The third-order valence-corrected chi connectivity index (χ3v) is 5.75. The van der Waals surface area contributed by atoms with Crippen molar-refractivity contribution in [2.45, 2.75) is 34.1 Å². The van der Waals surface area contributed by atoms with Gasteiger partial charge in [0.2, 0.25) is 12.3 Å². The van der Waals surface area contributed by atoms with Crippen LogP contribution >= 0.6 is 0 Å². The van der Waals surface area contributed by atoms with Gasteiger partial charge in [-0.2, -0.15) is 5.26 Å². The molecule has 228 valence electrons. The first kappa shape index (κ1) is 35.5. The molecule has 1 saturated heterocycles. The summed E-state index contributed by atoms with van der Waals surface area (Å²) in [7, 11) is 0. The zero-order valence-electron chi connectivity index (χ0n) is 24.6. The van der Waals surface area contributed by atoms with Crippen molar-refractivity contribution in [1.82, 2.24) is 15.5 Å². The minimum atomic E-state index is -0.318. The van der Waals surface area contributed by atoms with E-state index in [1.54, 1.807) is 11.0 Å². The van der Waals surface area contributed by atoms with Crippen LogP contribution in [0.5, 0.6) is 0 Å². The Kier molecular flexibility index (Phi) is 18.8. The van der Waals surface area contributed by atoms with Crippen LogP contribution in [0.15, 0.2) is 11.6 Å². The monoisotopic (exact) mass is 568 g/mol. The van der Waals surface area contributed by atoms with E-state index < -0.39 is 0 Å². The fraction of sp³-hybridized carbons (Fsp3) is 0.786. The van der Waals surface area contributed by atoms with E-state index in [1.165, 1.54) is 0 Å². The summed E-state index contributed by atoms with van der Waals surface area (Å²) in [5.41, 5.74) is -0.168. The van der Waals surface area contributed by atoms with Gasteiger partial charge in [-0.3, -0.25) is 14.4 Å². The number of carbonyl (C=O) groups is 3. The molecule has 1 heterocycles. The number of ether oxygens (including phenoxy) is 5. The maximum Gasteiger partial charge on any atom is 0.264 e. The minimum Gasteiger partial charge on any atom is -0.377 e. The molecule has 0 aromatic heterocycles. The Bertz CT molecular complexity index is 809. The van der Waals surface area contributed by atoms with Crippen LogP contribution in [-0.2, 0) is 38.1 Å². The molecule has 3 amide bonds. The van der Waals surface area contributed by atoms with Gasteiger partial charge >= 0.3 is 0 Å². The number of rotatable bonds is 21. The lowest BCUT2D eigenvalue weighted by atomic mass is 9.88. The van der Waals surface area contributed by atoms with Crippen molar-refractivity contribution >= 4 is 18.2 Å². The standard InChI is InChI=1S/C28H48N4O8/c1-23-17-24(21-32(20-23)27(35)25(19-29)18-28(2,3)4)26(34)31-6-8-37-10-12-39-14-16-40-15-13-38-11-9-36-7-5-30-22-33/h18,22-24H,5-17,20-21H2,1-4H3,(H,30,33)(H,31,34)/b25-18+. The van der Waals surface area contributed by atoms with Crippen molar-refractivity contribution in [2.24, 2.45) is 17.3 Å². The highest BCUT2D eigenvalue weighted by Crippen LogP contribution is 2.24. The third-order valence-electron chi connectivity index (χ3n) is 5.75. The summed E-state index contributed by atoms with van der Waals surface area (Å²) >= 11 is 0. The van der Waals surface area contributed by atoms with Crippen LogP contribution in [0, 0.1) is 28.6 Å². The molecule has 0 radical (unpaired) electrons. The summed E-state index contributed by atoms with van der Waals surface area (Å²) in [5, 5.41) is 14.9. The molecule has 1 aliphatic rings. The summed E-state index contributed by atoms with van der Waals surface area (Å²) in [4.78, 5) is 37.3. The van der Waals surface area contributed by atoms with Gasteiger partial charge in [0, 0.05) is 26.2 Å². The summed E-state index contributed by atoms with van der Waals surface area (Å²) in [6, 6.07) is 2.02. The van der Waals surface area contributed by atoms with Gasteiger partial charge < -0.3 is 39.2 Å². The highest BCUT2D eigenvalue weighted by atomic mass is 16.6. The Morgan fingerprint density at radius 1 is 0.875 bits per heavy atom. The van der Waals surface area contributed by atoms with E-state index >= 15 is 0 Å². The molecule has 0 bridgehead atoms. The van der Waals surface area contributed by atoms with Crippen molar-refractivity contribution in [1.29, 1.82) is 5.26 Å². The lowest BCUT2D eigenvalue weighted by Gasteiger charge is -2.36. The normalized spacial score (nSPS) is 17.8. The van der Waals surface area contributed by atoms with Crippen LogP contribution in [-0.4, -0.2) is 115 Å². The van der Waals surface area contributed by atoms with Crippen molar-refractivity contribution < 1.29 is 38.1 Å². The molecule has 12 heteroatoms. The van der Waals surface area contributed by atoms with E-state index in [1.807, 2.05) is 33.8 Å². The third kappa shape index (κ3) is 17.2. The SMILES string of the molecule is CC1CC(C(=O)NCCOCCOCCOCCOCCOCCNC=O)CN(C(=O)/C(C#N)=C/C(C)(C)C)C1. The molecule has 0 aliphatic carbocycles. The van der Waals surface area contributed by atoms with E-state index in [0.29, 0.717) is 105 Å². The predicted molar refractivity (Wildman–Crippen MR) is 148 cm³/mol. The highest BCUT2D eigenvalue weighted by Gasteiger charge is 2.33. The molecule has 1 aliphatic heterocycles. The zero-order chi connectivity index (χ0) is 29.6. The second kappa shape index (κ2) is 21.2. The molecule has 0 aromatic carbocycles. The number of piperidine rings is 1. The number of amides is 3. The lowest BCUT2D eigenvalue weighted by molar-refractivity contribution is -0.134. The smallest absolute Gasteiger partial charge is 0.264 e. The largest absolute Gasteiger partial charge is 0.377 e. The van der Waals surface area contributed by atoms with Crippen LogP contribution in [0.3, 0.4) is 0 Å². The Morgan fingerprint density at radius 3 is 1.85 bits per heavy atom. The van der Waals surface area contributed by atoms with Gasteiger partial charge in [-0.15, -0.1) is 0 Å². The zero-order valence-corrected chi connectivity index (χ0v) is 24.6. The van der Waals surface area contributed by atoms with Gasteiger partial charge in [0.1, 0.15) is 11.6 Å². The highest BCUT2D eigenvalue weighted by molar-refractivity contribution is 5.97. The second-order valence-corrected chi connectivity index (χ2v) is 10.7. The summed E-state index contributed by atoms with van der Waals surface area (Å²) in [5.74, 6) is -0.577. The number of nitriles is 1. The van der Waals surface area contributed by atoms with Gasteiger partial charge in [-0.05, 0) is 17.8 Å². The van der Waals surface area contributed by atoms with Crippen molar-refractivity contribution in [3.8, 4) is 6.07 Å². The fourth-order valence-corrected chi connectivity index (χ4v) is 4.01. The average Bonchev–Trinajstić information content (AvgIpc) is 2.91. The van der Waals surface area contributed by atoms with Crippen LogP contribution in [0.1, 0.15) is 34.1 Å². The molecule has 2 N–H and O–H groups in total. The molecule has 1 rings (SSSR count). The number of nitrogens with zero attached hydrogens (tertiary/aromatic N) is 2. The van der Waals surface area contributed by atoms with Gasteiger partial charge in [-0.1, -0.05) is 33.8 Å². The van der Waals surface area contributed by atoms with Gasteiger partial charge in [0.15, 0.2) is 0 Å². The second-order valence-electron chi connectivity index (χ2n) is 10.7. The van der Waals surface area contributed by atoms with Crippen LogP contribution in [0.2, 0.25) is 0 Å². The molecule has 2 unspecified atom stereocenters. The van der Waals surface area contributed by atoms with Crippen molar-refractivity contribution in [3.05, 3.63) is 11.6 Å². The number of hydrogen-bond donors (Lipinski definition) is 2. The number of nitrogens with one attached hydrogen (secondary N) is 2. The van der Waals surface area contributed by atoms with Gasteiger partial charge in [0.05, 0.1) is 72.0 Å². The number of allylic oxidation sites excluding steroid dienone is 1. The Morgan fingerprint density at radius 2 is 1.38 bits per heavy atom. The van der Waals surface area contributed by atoms with Crippen molar-refractivity contribution in [3.63, 3.8) is 0 Å². The molecule has 0 saturated carbocycles. The van der Waals surface area contributed by atoms with E-state index in [2.05, 4.69) is 10.6 Å². The van der Waals surface area contributed by atoms with Gasteiger partial charge in [-0.25, -0.2) is 0 Å². The van der Waals surface area contributed by atoms with E-state index in [9.17, 15) is 19.6 Å². The van der Waals surface area contributed by atoms with Crippen LogP contribution in [0.25, 0.3) is 0 Å². The maximum absolute atomic E-state index is 12.9. The topological polar surface area (TPSA) is 148 Å². The lowest BCUT2D eigenvalue weighted by Crippen LogP contribution is -2.48. The maximum atomic E-state index is 12.9. The first-order chi connectivity index (χ1) is 19.2. The molecular formula is C28H48N4O8. The quantitative estimate of drug-likeness (QED) is 0.0892. The molecule has 2 atom stereocenters. The van der Waals surface area contributed by atoms with E-state index in [-0.39, 0.29) is 34.6 Å². The molecule has 40 heavy (non-hydrogen) atoms. The first-order valence-electron chi connectivity index (χ1n) is 13.9. The Labute approximate surface area is 238 Å². The average molecular weight is 569 g/mol. The van der Waals surface area contributed by atoms with Crippen LogP contribution in [0.4, 0.5) is 0 Å². The van der Waals surface area contributed by atoms with Gasteiger partial charge in [0.25, 0.3) is 5.91 Å². The molecule has 0 aromatic rings. The molecule has 12 nitrogen and oxygen atoms in total. The van der Waals surface area contributed by atoms with Crippen molar-refractivity contribution in [2.75, 3.05) is 92.2 Å². The molecular weight excluding hydrogens is 520 g/mol.